The van der Waals surface area contributed by atoms with E-state index in [9.17, 15) is 9.18 Å². The van der Waals surface area contributed by atoms with Gasteiger partial charge in [-0.25, -0.2) is 9.37 Å². The van der Waals surface area contributed by atoms with Crippen molar-refractivity contribution in [2.45, 2.75) is 4.90 Å². The third-order valence-electron chi connectivity index (χ3n) is 2.91. The molecule has 1 N–H and O–H groups in total. The van der Waals surface area contributed by atoms with E-state index in [1.165, 1.54) is 35.2 Å². The fourth-order valence-corrected chi connectivity index (χ4v) is 3.26. The maximum Gasteiger partial charge on any atom is 0.236 e. The summed E-state index contributed by atoms with van der Waals surface area (Å²) in [6.45, 7) is 0. The van der Waals surface area contributed by atoms with Crippen molar-refractivity contribution in [3.63, 3.8) is 0 Å². The lowest BCUT2D eigenvalue weighted by molar-refractivity contribution is -0.113. The number of nitrogens with one attached hydrogen (secondary N) is 1. The highest BCUT2D eigenvalue weighted by molar-refractivity contribution is 8.00. The van der Waals surface area contributed by atoms with Crippen LogP contribution in [-0.4, -0.2) is 21.6 Å². The topological polar surface area (TPSA) is 54.9 Å². The van der Waals surface area contributed by atoms with Crippen LogP contribution < -0.4 is 5.32 Å². The van der Waals surface area contributed by atoms with Crippen molar-refractivity contribution in [3.05, 3.63) is 60.0 Å². The van der Waals surface area contributed by atoms with Crippen molar-refractivity contribution >= 4 is 34.1 Å². The van der Waals surface area contributed by atoms with Crippen LogP contribution in [0.2, 0.25) is 0 Å². The van der Waals surface area contributed by atoms with Gasteiger partial charge >= 0.3 is 0 Å². The first-order valence-corrected chi connectivity index (χ1v) is 8.61. The summed E-state index contributed by atoms with van der Waals surface area (Å²) in [7, 11) is 0. The molecule has 0 atom stereocenters. The Morgan fingerprint density at radius 1 is 1.17 bits per heavy atom. The number of aromatic nitrogens is 2. The van der Waals surface area contributed by atoms with Crippen molar-refractivity contribution in [1.82, 2.24) is 9.97 Å². The number of carbonyl (C=O) groups is 1. The molecule has 1 aromatic carbocycles. The SMILES string of the molecule is O=C(CSc1ccc(F)cc1)Nc1nc(-c2ccncc2)cs1. The fourth-order valence-electron chi connectivity index (χ4n) is 1.82. The molecule has 3 aromatic rings. The third kappa shape index (κ3) is 4.37. The molecule has 0 saturated carbocycles. The van der Waals surface area contributed by atoms with Crippen LogP contribution in [0.3, 0.4) is 0 Å². The highest BCUT2D eigenvalue weighted by atomic mass is 32.2. The number of rotatable bonds is 5. The quantitative estimate of drug-likeness (QED) is 0.708. The summed E-state index contributed by atoms with van der Waals surface area (Å²) in [4.78, 5) is 21.1. The number of thioether (sulfide) groups is 1. The summed E-state index contributed by atoms with van der Waals surface area (Å²) < 4.78 is 12.8. The van der Waals surface area contributed by atoms with Gasteiger partial charge in [-0.3, -0.25) is 9.78 Å². The van der Waals surface area contributed by atoms with E-state index < -0.39 is 0 Å². The number of carbonyl (C=O) groups excluding carboxylic acids is 1. The lowest BCUT2D eigenvalue weighted by Gasteiger charge is -2.02. The fraction of sp³-hybridized carbons (Fsp3) is 0.0625. The van der Waals surface area contributed by atoms with E-state index in [0.717, 1.165) is 16.2 Å². The van der Waals surface area contributed by atoms with Gasteiger partial charge in [-0.15, -0.1) is 23.1 Å². The third-order valence-corrected chi connectivity index (χ3v) is 4.68. The molecule has 0 aliphatic carbocycles. The van der Waals surface area contributed by atoms with E-state index in [0.29, 0.717) is 5.13 Å². The molecule has 23 heavy (non-hydrogen) atoms. The largest absolute Gasteiger partial charge is 0.301 e. The predicted molar refractivity (Wildman–Crippen MR) is 91.1 cm³/mol. The van der Waals surface area contributed by atoms with Crippen LogP contribution in [0.15, 0.2) is 59.1 Å². The molecule has 0 spiro atoms. The van der Waals surface area contributed by atoms with E-state index in [4.69, 9.17) is 0 Å². The molecule has 2 aromatic heterocycles. The number of nitrogens with zero attached hydrogens (tertiary/aromatic N) is 2. The average molecular weight is 345 g/mol. The summed E-state index contributed by atoms with van der Waals surface area (Å²) in [6, 6.07) is 9.79. The maximum atomic E-state index is 12.8. The van der Waals surface area contributed by atoms with Crippen molar-refractivity contribution < 1.29 is 9.18 Å². The molecule has 0 fully saturated rings. The summed E-state index contributed by atoms with van der Waals surface area (Å²) in [5.74, 6) is -0.185. The van der Waals surface area contributed by atoms with Gasteiger partial charge in [0, 0.05) is 28.2 Å². The Kier molecular flexibility index (Phi) is 4.99. The lowest BCUT2D eigenvalue weighted by atomic mass is 10.2. The van der Waals surface area contributed by atoms with Crippen LogP contribution >= 0.6 is 23.1 Å². The molecule has 2 heterocycles. The van der Waals surface area contributed by atoms with Gasteiger partial charge in [0.05, 0.1) is 11.4 Å². The molecule has 4 nitrogen and oxygen atoms in total. The summed E-state index contributed by atoms with van der Waals surface area (Å²) >= 11 is 2.72. The second-order valence-electron chi connectivity index (χ2n) is 4.56. The molecule has 0 bridgehead atoms. The smallest absolute Gasteiger partial charge is 0.236 e. The number of amides is 1. The number of benzene rings is 1. The number of hydrogen-bond donors (Lipinski definition) is 1. The van der Waals surface area contributed by atoms with Crippen LogP contribution in [0.4, 0.5) is 9.52 Å². The van der Waals surface area contributed by atoms with Crippen LogP contribution in [0.5, 0.6) is 0 Å². The van der Waals surface area contributed by atoms with Gasteiger partial charge in [0.2, 0.25) is 5.91 Å². The van der Waals surface area contributed by atoms with Crippen LogP contribution in [0.1, 0.15) is 0 Å². The molecule has 7 heteroatoms. The molecule has 0 radical (unpaired) electrons. The normalized spacial score (nSPS) is 10.5. The van der Waals surface area contributed by atoms with Gasteiger partial charge in [0.25, 0.3) is 0 Å². The number of anilines is 1. The Labute approximate surface area is 140 Å². The maximum absolute atomic E-state index is 12.8. The van der Waals surface area contributed by atoms with Crippen molar-refractivity contribution in [2.75, 3.05) is 11.1 Å². The first-order chi connectivity index (χ1) is 11.2. The highest BCUT2D eigenvalue weighted by Crippen LogP contribution is 2.25. The lowest BCUT2D eigenvalue weighted by Crippen LogP contribution is -2.13. The van der Waals surface area contributed by atoms with Crippen molar-refractivity contribution in [3.8, 4) is 11.3 Å². The molecule has 0 aliphatic rings. The number of halogens is 1. The second-order valence-corrected chi connectivity index (χ2v) is 6.47. The summed E-state index contributed by atoms with van der Waals surface area (Å²) in [5, 5.41) is 5.22. The van der Waals surface area contributed by atoms with E-state index in [1.54, 1.807) is 24.5 Å². The van der Waals surface area contributed by atoms with Gasteiger partial charge in [-0.05, 0) is 36.4 Å². The molecule has 0 aliphatic heterocycles. The van der Waals surface area contributed by atoms with Gasteiger partial charge in [-0.2, -0.15) is 0 Å². The zero-order valence-corrected chi connectivity index (χ0v) is 13.5. The van der Waals surface area contributed by atoms with Gasteiger partial charge < -0.3 is 5.32 Å². The van der Waals surface area contributed by atoms with Gasteiger partial charge in [0.15, 0.2) is 5.13 Å². The highest BCUT2D eigenvalue weighted by Gasteiger charge is 2.08. The molecule has 0 saturated heterocycles. The van der Waals surface area contributed by atoms with Crippen LogP contribution in [0, 0.1) is 5.82 Å². The van der Waals surface area contributed by atoms with Crippen molar-refractivity contribution in [2.24, 2.45) is 0 Å². The average Bonchev–Trinajstić information content (AvgIpc) is 3.04. The van der Waals surface area contributed by atoms with Crippen LogP contribution in [-0.2, 0) is 4.79 Å². The zero-order chi connectivity index (χ0) is 16.1. The van der Waals surface area contributed by atoms with Gasteiger partial charge in [0.1, 0.15) is 5.82 Å². The Balaban J connectivity index is 1.56. The van der Waals surface area contributed by atoms with E-state index in [1.807, 2.05) is 17.5 Å². The number of pyridine rings is 1. The second kappa shape index (κ2) is 7.34. The minimum Gasteiger partial charge on any atom is -0.301 e. The summed E-state index contributed by atoms with van der Waals surface area (Å²) in [5.41, 5.74) is 1.76. The number of hydrogen-bond acceptors (Lipinski definition) is 5. The number of thiazole rings is 1. The standard InChI is InChI=1S/C16H12FN3OS2/c17-12-1-3-13(4-2-12)22-10-15(21)20-16-19-14(9-23-16)11-5-7-18-8-6-11/h1-9H,10H2,(H,19,20,21). The molecule has 116 valence electrons. The van der Waals surface area contributed by atoms with Crippen molar-refractivity contribution in [1.29, 1.82) is 0 Å². The first kappa shape index (κ1) is 15.6. The summed E-state index contributed by atoms with van der Waals surface area (Å²) in [6.07, 6.45) is 3.40. The van der Waals surface area contributed by atoms with Crippen LogP contribution in [0.25, 0.3) is 11.3 Å². The molecule has 0 unspecified atom stereocenters. The predicted octanol–water partition coefficient (Wildman–Crippen LogP) is 4.08. The molecule has 1 amide bonds. The Morgan fingerprint density at radius 3 is 2.65 bits per heavy atom. The first-order valence-electron chi connectivity index (χ1n) is 6.75. The monoisotopic (exact) mass is 345 g/mol. The molecular weight excluding hydrogens is 333 g/mol. The Hall–Kier alpha value is -2.25. The Morgan fingerprint density at radius 2 is 1.91 bits per heavy atom. The van der Waals surface area contributed by atoms with E-state index >= 15 is 0 Å². The van der Waals surface area contributed by atoms with E-state index in [2.05, 4.69) is 15.3 Å². The minimum atomic E-state index is -0.287. The van der Waals surface area contributed by atoms with E-state index in [-0.39, 0.29) is 17.5 Å². The molecular formula is C16H12FN3OS2. The van der Waals surface area contributed by atoms with Gasteiger partial charge in [-0.1, -0.05) is 0 Å². The zero-order valence-electron chi connectivity index (χ0n) is 11.9. The Bertz CT molecular complexity index is 791. The molecule has 3 rings (SSSR count). The minimum absolute atomic E-state index is 0.144.